The molecule has 0 radical (unpaired) electrons. The minimum atomic E-state index is 0.585. The first-order valence-electron chi connectivity index (χ1n) is 6.45. The Labute approximate surface area is 100 Å². The molecule has 0 saturated carbocycles. The molecule has 4 nitrogen and oxygen atoms in total. The van der Waals surface area contributed by atoms with Gasteiger partial charge in [0.25, 0.3) is 0 Å². The fraction of sp³-hybridized carbons (Fsp3) is 1.00. The van der Waals surface area contributed by atoms with Gasteiger partial charge in [-0.1, -0.05) is 0 Å². The SMILES string of the molecule is CC[N+](CC)(CC)CCOCCOCCN. The van der Waals surface area contributed by atoms with Crippen molar-refractivity contribution in [3.63, 3.8) is 0 Å². The summed E-state index contributed by atoms with van der Waals surface area (Å²) in [5, 5.41) is 0. The zero-order chi connectivity index (χ0) is 12.3. The molecule has 2 N–H and O–H groups in total. The summed E-state index contributed by atoms with van der Waals surface area (Å²) in [6.07, 6.45) is 0. The van der Waals surface area contributed by atoms with Gasteiger partial charge in [0.05, 0.1) is 46.1 Å². The number of quaternary nitrogens is 1. The van der Waals surface area contributed by atoms with Crippen molar-refractivity contribution < 1.29 is 14.0 Å². The van der Waals surface area contributed by atoms with Gasteiger partial charge in [0.2, 0.25) is 0 Å². The van der Waals surface area contributed by atoms with Crippen molar-refractivity contribution in [2.45, 2.75) is 20.8 Å². The maximum atomic E-state index is 5.56. The third-order valence-electron chi connectivity index (χ3n) is 3.36. The van der Waals surface area contributed by atoms with E-state index in [0.717, 1.165) is 17.6 Å². The van der Waals surface area contributed by atoms with E-state index in [-0.39, 0.29) is 0 Å². The van der Waals surface area contributed by atoms with Crippen molar-refractivity contribution in [1.82, 2.24) is 0 Å². The van der Waals surface area contributed by atoms with E-state index >= 15 is 0 Å². The molecule has 0 aliphatic heterocycles. The number of hydrogen-bond acceptors (Lipinski definition) is 3. The molecule has 0 aromatic rings. The zero-order valence-corrected chi connectivity index (χ0v) is 11.2. The van der Waals surface area contributed by atoms with Crippen molar-refractivity contribution in [3.8, 4) is 0 Å². The number of rotatable bonds is 11. The Morgan fingerprint density at radius 1 is 0.812 bits per heavy atom. The first-order chi connectivity index (χ1) is 7.74. The number of nitrogens with zero attached hydrogens (tertiary/aromatic N) is 1. The van der Waals surface area contributed by atoms with Crippen molar-refractivity contribution >= 4 is 0 Å². The second-order valence-corrected chi connectivity index (χ2v) is 4.03. The van der Waals surface area contributed by atoms with Gasteiger partial charge in [-0.3, -0.25) is 0 Å². The van der Waals surface area contributed by atoms with Gasteiger partial charge in [0, 0.05) is 6.54 Å². The Hall–Kier alpha value is -0.160. The van der Waals surface area contributed by atoms with Crippen LogP contribution in [0, 0.1) is 0 Å². The van der Waals surface area contributed by atoms with Crippen LogP contribution in [0.5, 0.6) is 0 Å². The second kappa shape index (κ2) is 10.0. The number of hydrogen-bond donors (Lipinski definition) is 1. The molecular weight excluding hydrogens is 204 g/mol. The highest BCUT2D eigenvalue weighted by Crippen LogP contribution is 2.04. The molecule has 0 amide bonds. The molecule has 0 aliphatic carbocycles. The molecule has 0 rings (SSSR count). The summed E-state index contributed by atoms with van der Waals surface area (Å²) in [4.78, 5) is 0. The molecule has 0 fully saturated rings. The highest BCUT2D eigenvalue weighted by molar-refractivity contribution is 4.39. The molecule has 0 heterocycles. The van der Waals surface area contributed by atoms with E-state index in [1.807, 2.05) is 0 Å². The Morgan fingerprint density at radius 2 is 1.31 bits per heavy atom. The second-order valence-electron chi connectivity index (χ2n) is 4.03. The van der Waals surface area contributed by atoms with Gasteiger partial charge in [0.1, 0.15) is 6.54 Å². The topological polar surface area (TPSA) is 44.5 Å². The Kier molecular flexibility index (Phi) is 9.92. The lowest BCUT2D eigenvalue weighted by Crippen LogP contribution is -2.49. The molecule has 0 bridgehead atoms. The molecule has 0 aliphatic rings. The molecule has 98 valence electrons. The monoisotopic (exact) mass is 233 g/mol. The third kappa shape index (κ3) is 6.43. The zero-order valence-electron chi connectivity index (χ0n) is 11.2. The minimum Gasteiger partial charge on any atom is -0.378 e. The molecule has 0 spiro atoms. The average molecular weight is 233 g/mol. The molecule has 4 heteroatoms. The van der Waals surface area contributed by atoms with Gasteiger partial charge in [-0.2, -0.15) is 0 Å². The maximum absolute atomic E-state index is 5.56. The predicted molar refractivity (Wildman–Crippen MR) is 67.4 cm³/mol. The maximum Gasteiger partial charge on any atom is 0.102 e. The smallest absolute Gasteiger partial charge is 0.102 e. The number of likely N-dealkylation sites (N-methyl/N-ethyl adjacent to an activating group) is 1. The summed E-state index contributed by atoms with van der Waals surface area (Å²) in [7, 11) is 0. The highest BCUT2D eigenvalue weighted by Gasteiger charge is 2.19. The van der Waals surface area contributed by atoms with Gasteiger partial charge < -0.3 is 19.7 Å². The summed E-state index contributed by atoms with van der Waals surface area (Å²) >= 11 is 0. The van der Waals surface area contributed by atoms with Crippen LogP contribution < -0.4 is 5.73 Å². The average Bonchev–Trinajstić information content (AvgIpc) is 2.34. The van der Waals surface area contributed by atoms with Gasteiger partial charge in [-0.05, 0) is 20.8 Å². The highest BCUT2D eigenvalue weighted by atomic mass is 16.5. The van der Waals surface area contributed by atoms with Crippen LogP contribution in [0.3, 0.4) is 0 Å². The molecule has 0 unspecified atom stereocenters. The lowest BCUT2D eigenvalue weighted by molar-refractivity contribution is -0.923. The standard InChI is InChI=1S/C12H29N2O2/c1-4-14(5-2,6-3)8-10-16-12-11-15-9-7-13/h4-13H2,1-3H3/q+1. The molecule has 0 aromatic carbocycles. The van der Waals surface area contributed by atoms with Crippen LogP contribution in [-0.2, 0) is 9.47 Å². The summed E-state index contributed by atoms with van der Waals surface area (Å²) in [6.45, 7) is 14.7. The van der Waals surface area contributed by atoms with E-state index in [2.05, 4.69) is 20.8 Å². The lowest BCUT2D eigenvalue weighted by atomic mass is 10.3. The van der Waals surface area contributed by atoms with Crippen molar-refractivity contribution in [2.75, 3.05) is 59.2 Å². The van der Waals surface area contributed by atoms with Crippen molar-refractivity contribution in [3.05, 3.63) is 0 Å². The number of ether oxygens (including phenoxy) is 2. The Balaban J connectivity index is 3.48. The predicted octanol–water partition coefficient (Wildman–Crippen LogP) is 0.855. The van der Waals surface area contributed by atoms with E-state index < -0.39 is 0 Å². The fourth-order valence-electron chi connectivity index (χ4n) is 1.81. The summed E-state index contributed by atoms with van der Waals surface area (Å²) in [5.74, 6) is 0. The van der Waals surface area contributed by atoms with Gasteiger partial charge in [-0.15, -0.1) is 0 Å². The third-order valence-corrected chi connectivity index (χ3v) is 3.36. The van der Waals surface area contributed by atoms with Crippen molar-refractivity contribution in [2.24, 2.45) is 5.73 Å². The normalized spacial score (nSPS) is 12.0. The minimum absolute atomic E-state index is 0.585. The molecule has 0 atom stereocenters. The Bertz CT molecular complexity index is 142. The molecule has 16 heavy (non-hydrogen) atoms. The van der Waals surface area contributed by atoms with Gasteiger partial charge in [0.15, 0.2) is 0 Å². The van der Waals surface area contributed by atoms with E-state index in [1.165, 1.54) is 19.6 Å². The van der Waals surface area contributed by atoms with Crippen LogP contribution in [0.25, 0.3) is 0 Å². The van der Waals surface area contributed by atoms with Crippen LogP contribution in [0.4, 0.5) is 0 Å². The molecular formula is C12H29N2O2+. The molecule has 0 saturated heterocycles. The van der Waals surface area contributed by atoms with Gasteiger partial charge >= 0.3 is 0 Å². The van der Waals surface area contributed by atoms with E-state index in [9.17, 15) is 0 Å². The van der Waals surface area contributed by atoms with Crippen LogP contribution in [-0.4, -0.2) is 63.6 Å². The van der Waals surface area contributed by atoms with Crippen LogP contribution >= 0.6 is 0 Å². The van der Waals surface area contributed by atoms with Crippen LogP contribution in [0.1, 0.15) is 20.8 Å². The van der Waals surface area contributed by atoms with Gasteiger partial charge in [-0.25, -0.2) is 0 Å². The molecule has 0 aromatic heterocycles. The van der Waals surface area contributed by atoms with Crippen LogP contribution in [0.2, 0.25) is 0 Å². The van der Waals surface area contributed by atoms with Crippen molar-refractivity contribution in [1.29, 1.82) is 0 Å². The van der Waals surface area contributed by atoms with E-state index in [4.69, 9.17) is 15.2 Å². The summed E-state index contributed by atoms with van der Waals surface area (Å²) < 4.78 is 11.9. The Morgan fingerprint density at radius 3 is 1.75 bits per heavy atom. The number of nitrogens with two attached hydrogens (primary N) is 1. The first-order valence-corrected chi connectivity index (χ1v) is 6.45. The largest absolute Gasteiger partial charge is 0.378 e. The van der Waals surface area contributed by atoms with E-state index in [1.54, 1.807) is 0 Å². The lowest BCUT2D eigenvalue weighted by Gasteiger charge is -2.35. The fourth-order valence-corrected chi connectivity index (χ4v) is 1.81. The van der Waals surface area contributed by atoms with E-state index in [0.29, 0.717) is 26.4 Å². The quantitative estimate of drug-likeness (QED) is 0.425. The summed E-state index contributed by atoms with van der Waals surface area (Å²) in [5.41, 5.74) is 5.31. The first kappa shape index (κ1) is 15.8. The summed E-state index contributed by atoms with van der Waals surface area (Å²) in [6, 6.07) is 0. The van der Waals surface area contributed by atoms with Crippen LogP contribution in [0.15, 0.2) is 0 Å².